The van der Waals surface area contributed by atoms with Crippen LogP contribution in [0.4, 0.5) is 11.5 Å². The molecule has 11 heteroatoms. The van der Waals surface area contributed by atoms with Gasteiger partial charge < -0.3 is 0 Å². The molecule has 1 aromatic carbocycles. The van der Waals surface area contributed by atoms with Gasteiger partial charge in [-0.3, -0.25) is 30.3 Å². The molecule has 0 bridgehead atoms. The number of imidazole rings is 1. The molecule has 0 saturated heterocycles. The molecule has 25 heavy (non-hydrogen) atoms. The van der Waals surface area contributed by atoms with Crippen molar-refractivity contribution in [1.29, 1.82) is 0 Å². The highest BCUT2D eigenvalue weighted by Gasteiger charge is 2.24. The van der Waals surface area contributed by atoms with E-state index in [9.17, 15) is 14.9 Å². The molecule has 0 saturated carbocycles. The molecule has 2 heterocycles. The Hall–Kier alpha value is -3.53. The zero-order valence-corrected chi connectivity index (χ0v) is 13.2. The SMILES string of the molecule is O=C(NNc1ncnc(-n2ccnc2)c1[N+](=O)[O-])c1ccccc1Cl. The largest absolute Gasteiger partial charge is 0.355 e. The first kappa shape index (κ1) is 16.3. The minimum Gasteiger partial charge on any atom is -0.285 e. The van der Waals surface area contributed by atoms with Crippen LogP contribution in [0.5, 0.6) is 0 Å². The van der Waals surface area contributed by atoms with Crippen molar-refractivity contribution < 1.29 is 9.72 Å². The van der Waals surface area contributed by atoms with Crippen LogP contribution in [-0.4, -0.2) is 30.3 Å². The number of nitrogens with one attached hydrogen (secondary N) is 2. The Kier molecular flexibility index (Phi) is 4.53. The number of anilines is 1. The summed E-state index contributed by atoms with van der Waals surface area (Å²) in [7, 11) is 0. The Bertz CT molecular complexity index is 930. The minimum absolute atomic E-state index is 0.00647. The number of amides is 1. The topological polar surface area (TPSA) is 128 Å². The van der Waals surface area contributed by atoms with Crippen LogP contribution in [0.3, 0.4) is 0 Å². The van der Waals surface area contributed by atoms with Crippen molar-refractivity contribution in [3.8, 4) is 5.82 Å². The Morgan fingerprint density at radius 3 is 2.76 bits per heavy atom. The zero-order valence-electron chi connectivity index (χ0n) is 12.5. The van der Waals surface area contributed by atoms with Gasteiger partial charge in [0.15, 0.2) is 0 Å². The van der Waals surface area contributed by atoms with E-state index in [0.717, 1.165) is 6.33 Å². The third-order valence-corrected chi connectivity index (χ3v) is 3.48. The van der Waals surface area contributed by atoms with Gasteiger partial charge in [0.05, 0.1) is 15.5 Å². The van der Waals surface area contributed by atoms with Crippen molar-refractivity contribution in [3.63, 3.8) is 0 Å². The summed E-state index contributed by atoms with van der Waals surface area (Å²) >= 11 is 5.94. The lowest BCUT2D eigenvalue weighted by Gasteiger charge is -2.10. The van der Waals surface area contributed by atoms with Crippen molar-refractivity contribution in [2.75, 3.05) is 5.43 Å². The van der Waals surface area contributed by atoms with Gasteiger partial charge in [-0.05, 0) is 12.1 Å². The van der Waals surface area contributed by atoms with Crippen LogP contribution < -0.4 is 10.9 Å². The van der Waals surface area contributed by atoms with Crippen LogP contribution in [0.15, 0.2) is 49.3 Å². The second-order valence-electron chi connectivity index (χ2n) is 4.68. The molecule has 2 N–H and O–H groups in total. The molecular formula is C14H10ClN7O3. The molecule has 0 unspecified atom stereocenters. The van der Waals surface area contributed by atoms with Gasteiger partial charge in [-0.15, -0.1) is 0 Å². The number of benzene rings is 1. The van der Waals surface area contributed by atoms with Crippen LogP contribution in [0.2, 0.25) is 5.02 Å². The van der Waals surface area contributed by atoms with Gasteiger partial charge in [-0.2, -0.15) is 0 Å². The molecule has 0 aliphatic carbocycles. The van der Waals surface area contributed by atoms with E-state index in [2.05, 4.69) is 25.8 Å². The van der Waals surface area contributed by atoms with Gasteiger partial charge in [0.1, 0.15) is 12.7 Å². The second-order valence-corrected chi connectivity index (χ2v) is 5.09. The van der Waals surface area contributed by atoms with Crippen LogP contribution in [0.1, 0.15) is 10.4 Å². The molecule has 0 aliphatic heterocycles. The summed E-state index contributed by atoms with van der Waals surface area (Å²) in [6, 6.07) is 6.40. The van der Waals surface area contributed by atoms with Gasteiger partial charge in [-0.1, -0.05) is 23.7 Å². The molecule has 0 radical (unpaired) electrons. The van der Waals surface area contributed by atoms with Crippen LogP contribution >= 0.6 is 11.6 Å². The number of hydrazine groups is 1. The van der Waals surface area contributed by atoms with Gasteiger partial charge in [0.25, 0.3) is 5.91 Å². The molecule has 0 spiro atoms. The summed E-state index contributed by atoms with van der Waals surface area (Å²) in [5.41, 5.74) is 4.56. The first-order chi connectivity index (χ1) is 12.1. The van der Waals surface area contributed by atoms with Crippen molar-refractivity contribution >= 4 is 29.0 Å². The van der Waals surface area contributed by atoms with Crippen LogP contribution in [0, 0.1) is 10.1 Å². The predicted molar refractivity (Wildman–Crippen MR) is 88.3 cm³/mol. The second kappa shape index (κ2) is 6.93. The van der Waals surface area contributed by atoms with Crippen molar-refractivity contribution in [1.82, 2.24) is 24.9 Å². The summed E-state index contributed by atoms with van der Waals surface area (Å²) in [6.07, 6.45) is 5.45. The van der Waals surface area contributed by atoms with E-state index < -0.39 is 16.5 Å². The normalized spacial score (nSPS) is 10.3. The summed E-state index contributed by atoms with van der Waals surface area (Å²) in [5.74, 6) is -0.737. The molecule has 10 nitrogen and oxygen atoms in total. The fourth-order valence-electron chi connectivity index (χ4n) is 2.03. The smallest absolute Gasteiger partial charge is 0.285 e. The third kappa shape index (κ3) is 3.38. The fourth-order valence-corrected chi connectivity index (χ4v) is 2.25. The standard InChI is InChI=1S/C14H10ClN7O3/c15-10-4-2-1-3-9(10)14(23)20-19-12-11(22(24)25)13(18-7-17-12)21-6-5-16-8-21/h1-8H,(H,20,23)(H,17,18,19). The van der Waals surface area contributed by atoms with E-state index >= 15 is 0 Å². The Morgan fingerprint density at radius 2 is 2.08 bits per heavy atom. The Balaban J connectivity index is 1.88. The molecule has 0 atom stereocenters. The van der Waals surface area contributed by atoms with Gasteiger partial charge in [-0.25, -0.2) is 15.0 Å². The first-order valence-electron chi connectivity index (χ1n) is 6.86. The summed E-state index contributed by atoms with van der Waals surface area (Å²) in [5, 5.41) is 11.7. The Morgan fingerprint density at radius 1 is 1.28 bits per heavy atom. The summed E-state index contributed by atoms with van der Waals surface area (Å²) < 4.78 is 1.36. The maximum absolute atomic E-state index is 12.1. The van der Waals surface area contributed by atoms with Crippen LogP contribution in [-0.2, 0) is 0 Å². The van der Waals surface area contributed by atoms with Crippen LogP contribution in [0.25, 0.3) is 5.82 Å². The molecule has 3 aromatic rings. The molecule has 126 valence electrons. The zero-order chi connectivity index (χ0) is 17.8. The molecular weight excluding hydrogens is 350 g/mol. The van der Waals surface area contributed by atoms with E-state index in [1.54, 1.807) is 18.2 Å². The number of nitro groups is 1. The number of rotatable bonds is 5. The lowest BCUT2D eigenvalue weighted by Crippen LogP contribution is -2.30. The molecule has 3 rings (SSSR count). The molecule has 2 aromatic heterocycles. The van der Waals surface area contributed by atoms with E-state index in [1.807, 2.05) is 0 Å². The van der Waals surface area contributed by atoms with Crippen molar-refractivity contribution in [2.45, 2.75) is 0 Å². The summed E-state index contributed by atoms with van der Waals surface area (Å²) in [4.78, 5) is 34.5. The molecule has 0 aliphatic rings. The monoisotopic (exact) mass is 359 g/mol. The van der Waals surface area contributed by atoms with E-state index in [0.29, 0.717) is 0 Å². The van der Waals surface area contributed by atoms with Gasteiger partial charge in [0, 0.05) is 12.4 Å². The maximum atomic E-state index is 12.1. The van der Waals surface area contributed by atoms with Crippen molar-refractivity contribution in [2.24, 2.45) is 0 Å². The lowest BCUT2D eigenvalue weighted by molar-refractivity contribution is -0.384. The average Bonchev–Trinajstić information content (AvgIpc) is 3.14. The number of hydrogen-bond acceptors (Lipinski definition) is 7. The number of hydrogen-bond donors (Lipinski definition) is 2. The van der Waals surface area contributed by atoms with E-state index in [1.165, 1.54) is 29.4 Å². The van der Waals surface area contributed by atoms with E-state index in [4.69, 9.17) is 11.6 Å². The minimum atomic E-state index is -0.653. The number of nitrogens with zero attached hydrogens (tertiary/aromatic N) is 5. The summed E-state index contributed by atoms with van der Waals surface area (Å²) in [6.45, 7) is 0. The third-order valence-electron chi connectivity index (χ3n) is 3.15. The highest BCUT2D eigenvalue weighted by atomic mass is 35.5. The highest BCUT2D eigenvalue weighted by molar-refractivity contribution is 6.33. The number of halogens is 1. The molecule has 1 amide bonds. The molecule has 0 fully saturated rings. The maximum Gasteiger partial charge on any atom is 0.355 e. The van der Waals surface area contributed by atoms with Gasteiger partial charge in [0.2, 0.25) is 11.6 Å². The number of aromatic nitrogens is 4. The lowest BCUT2D eigenvalue weighted by atomic mass is 10.2. The number of carbonyl (C=O) groups excluding carboxylic acids is 1. The Labute approximate surface area is 145 Å². The van der Waals surface area contributed by atoms with E-state index in [-0.39, 0.29) is 22.2 Å². The fraction of sp³-hybridized carbons (Fsp3) is 0. The number of carbonyl (C=O) groups is 1. The average molecular weight is 360 g/mol. The quantitative estimate of drug-likeness (QED) is 0.526. The highest BCUT2D eigenvalue weighted by Crippen LogP contribution is 2.27. The van der Waals surface area contributed by atoms with Gasteiger partial charge >= 0.3 is 5.69 Å². The first-order valence-corrected chi connectivity index (χ1v) is 7.24. The predicted octanol–water partition coefficient (Wildman–Crippen LogP) is 1.98. The van der Waals surface area contributed by atoms with Crippen molar-refractivity contribution in [3.05, 3.63) is 70.0 Å².